The number of sulfone groups is 1. The molecule has 0 saturated carbocycles. The molecule has 14 heavy (non-hydrogen) atoms. The Hall–Kier alpha value is -0.390. The Bertz CT molecular complexity index is 314. The van der Waals surface area contributed by atoms with Gasteiger partial charge in [-0.05, 0) is 18.9 Å². The molecule has 0 bridgehead atoms. The van der Waals surface area contributed by atoms with Crippen molar-refractivity contribution in [3.8, 4) is 0 Å². The van der Waals surface area contributed by atoms with Gasteiger partial charge >= 0.3 is 0 Å². The van der Waals surface area contributed by atoms with E-state index in [9.17, 15) is 8.42 Å². The molecule has 2 heterocycles. The van der Waals surface area contributed by atoms with E-state index in [1.807, 2.05) is 0 Å². The first-order chi connectivity index (χ1) is 6.66. The van der Waals surface area contributed by atoms with Gasteiger partial charge in [-0.1, -0.05) is 0 Å². The summed E-state index contributed by atoms with van der Waals surface area (Å²) in [4.78, 5) is 0. The summed E-state index contributed by atoms with van der Waals surface area (Å²) in [6.45, 7) is 1.30. The van der Waals surface area contributed by atoms with Crippen molar-refractivity contribution in [2.45, 2.75) is 25.0 Å². The van der Waals surface area contributed by atoms with Crippen LogP contribution in [0.2, 0.25) is 0 Å². The quantitative estimate of drug-likeness (QED) is 0.692. The molecule has 5 heteroatoms. The predicted molar refractivity (Wildman–Crippen MR) is 51.6 cm³/mol. The summed E-state index contributed by atoms with van der Waals surface area (Å²) in [6, 6.07) is 0. The van der Waals surface area contributed by atoms with E-state index < -0.39 is 9.84 Å². The molecule has 2 rings (SSSR count). The van der Waals surface area contributed by atoms with Crippen LogP contribution in [0, 0.1) is 0 Å². The van der Waals surface area contributed by atoms with Crippen LogP contribution in [0.3, 0.4) is 0 Å². The Kier molecular flexibility index (Phi) is 2.90. The van der Waals surface area contributed by atoms with Gasteiger partial charge < -0.3 is 9.47 Å². The zero-order valence-electron chi connectivity index (χ0n) is 7.89. The summed E-state index contributed by atoms with van der Waals surface area (Å²) in [5, 5.41) is 1.23. The molecule has 0 aromatic heterocycles. The van der Waals surface area contributed by atoms with Crippen LogP contribution in [0.15, 0.2) is 11.5 Å². The van der Waals surface area contributed by atoms with Crippen molar-refractivity contribution in [2.75, 3.05) is 19.0 Å². The Balaban J connectivity index is 1.75. The molecular weight excluding hydrogens is 204 g/mol. The minimum atomic E-state index is -2.99. The second kappa shape index (κ2) is 4.00. The molecule has 0 aliphatic carbocycles. The highest BCUT2D eigenvalue weighted by molar-refractivity contribution is 7.94. The summed E-state index contributed by atoms with van der Waals surface area (Å²) in [5.74, 6) is 0.0831. The molecule has 1 saturated heterocycles. The van der Waals surface area contributed by atoms with Gasteiger partial charge in [-0.2, -0.15) is 0 Å². The van der Waals surface area contributed by atoms with Crippen LogP contribution in [0.4, 0.5) is 0 Å². The van der Waals surface area contributed by atoms with Crippen molar-refractivity contribution in [1.29, 1.82) is 0 Å². The molecule has 0 aromatic carbocycles. The average Bonchev–Trinajstić information content (AvgIpc) is 2.70. The first-order valence-corrected chi connectivity index (χ1v) is 6.51. The lowest BCUT2D eigenvalue weighted by molar-refractivity contribution is 0.00266. The van der Waals surface area contributed by atoms with Crippen molar-refractivity contribution in [3.05, 3.63) is 11.5 Å². The van der Waals surface area contributed by atoms with Gasteiger partial charge in [-0.3, -0.25) is 0 Å². The molecule has 0 radical (unpaired) electrons. The van der Waals surface area contributed by atoms with Gasteiger partial charge in [0.15, 0.2) is 9.84 Å². The van der Waals surface area contributed by atoms with Crippen LogP contribution in [0.5, 0.6) is 0 Å². The van der Waals surface area contributed by atoms with E-state index in [4.69, 9.17) is 9.47 Å². The Morgan fingerprint density at radius 2 is 2.36 bits per heavy atom. The second-order valence-electron chi connectivity index (χ2n) is 3.66. The zero-order valence-corrected chi connectivity index (χ0v) is 8.70. The minimum Gasteiger partial charge on any atom is -0.376 e. The molecule has 0 spiro atoms. The monoisotopic (exact) mass is 218 g/mol. The molecule has 2 aliphatic heterocycles. The van der Waals surface area contributed by atoms with Gasteiger partial charge in [0.2, 0.25) is 0 Å². The van der Waals surface area contributed by atoms with Crippen molar-refractivity contribution in [2.24, 2.45) is 0 Å². The maximum absolute atomic E-state index is 11.0. The predicted octanol–water partition coefficient (Wildman–Crippen LogP) is 0.493. The number of ether oxygens (including phenoxy) is 2. The van der Waals surface area contributed by atoms with Crippen molar-refractivity contribution in [1.82, 2.24) is 0 Å². The molecule has 1 fully saturated rings. The van der Waals surface area contributed by atoms with E-state index in [1.54, 1.807) is 6.08 Å². The highest BCUT2D eigenvalue weighted by Crippen LogP contribution is 2.16. The maximum atomic E-state index is 11.0. The van der Waals surface area contributed by atoms with E-state index in [0.29, 0.717) is 6.61 Å². The molecule has 0 aromatic rings. The summed E-state index contributed by atoms with van der Waals surface area (Å²) < 4.78 is 32.9. The third kappa shape index (κ3) is 2.56. The SMILES string of the molecule is O=S1(=O)C=CC(OCC2CCCO2)C1. The van der Waals surface area contributed by atoms with Gasteiger partial charge in [0.05, 0.1) is 24.6 Å². The molecular formula is C9H14O4S. The summed E-state index contributed by atoms with van der Waals surface area (Å²) in [5.41, 5.74) is 0. The Morgan fingerprint density at radius 3 is 2.93 bits per heavy atom. The summed E-state index contributed by atoms with van der Waals surface area (Å²) >= 11 is 0. The molecule has 2 unspecified atom stereocenters. The van der Waals surface area contributed by atoms with Crippen LogP contribution in [0.25, 0.3) is 0 Å². The van der Waals surface area contributed by atoms with E-state index >= 15 is 0 Å². The molecule has 80 valence electrons. The fourth-order valence-electron chi connectivity index (χ4n) is 1.66. The van der Waals surface area contributed by atoms with E-state index in [0.717, 1.165) is 19.4 Å². The summed E-state index contributed by atoms with van der Waals surface area (Å²) in [7, 11) is -2.99. The molecule has 2 aliphatic rings. The third-order valence-electron chi connectivity index (χ3n) is 2.42. The first kappa shape index (κ1) is 10.1. The lowest BCUT2D eigenvalue weighted by Crippen LogP contribution is -2.22. The lowest BCUT2D eigenvalue weighted by Gasteiger charge is -2.13. The minimum absolute atomic E-state index is 0.0831. The fourth-order valence-corrected chi connectivity index (χ4v) is 2.85. The Morgan fingerprint density at radius 1 is 1.50 bits per heavy atom. The van der Waals surface area contributed by atoms with Crippen molar-refractivity contribution in [3.63, 3.8) is 0 Å². The largest absolute Gasteiger partial charge is 0.376 e. The first-order valence-electron chi connectivity index (χ1n) is 4.80. The fraction of sp³-hybridized carbons (Fsp3) is 0.778. The molecule has 4 nitrogen and oxygen atoms in total. The van der Waals surface area contributed by atoms with Gasteiger partial charge in [-0.25, -0.2) is 8.42 Å². The van der Waals surface area contributed by atoms with Crippen LogP contribution < -0.4 is 0 Å². The Labute approximate surface area is 83.8 Å². The highest BCUT2D eigenvalue weighted by Gasteiger charge is 2.24. The van der Waals surface area contributed by atoms with Crippen molar-refractivity contribution < 1.29 is 17.9 Å². The summed E-state index contributed by atoms with van der Waals surface area (Å²) in [6.07, 6.45) is 3.58. The van der Waals surface area contributed by atoms with Crippen LogP contribution in [-0.4, -0.2) is 39.6 Å². The van der Waals surface area contributed by atoms with E-state index in [1.165, 1.54) is 5.41 Å². The van der Waals surface area contributed by atoms with Crippen LogP contribution >= 0.6 is 0 Å². The van der Waals surface area contributed by atoms with Gasteiger partial charge in [0.25, 0.3) is 0 Å². The topological polar surface area (TPSA) is 52.6 Å². The van der Waals surface area contributed by atoms with Gasteiger partial charge in [0.1, 0.15) is 0 Å². The lowest BCUT2D eigenvalue weighted by atomic mass is 10.2. The number of rotatable bonds is 3. The standard InChI is InChI=1S/C9H14O4S/c10-14(11)5-3-9(7-14)13-6-8-2-1-4-12-8/h3,5,8-9H,1-2,4,6-7H2. The third-order valence-corrected chi connectivity index (χ3v) is 3.78. The average molecular weight is 218 g/mol. The van der Waals surface area contributed by atoms with E-state index in [-0.39, 0.29) is 18.0 Å². The zero-order chi connectivity index (χ0) is 10.0. The van der Waals surface area contributed by atoms with Gasteiger partial charge in [0, 0.05) is 12.0 Å². The van der Waals surface area contributed by atoms with Crippen molar-refractivity contribution >= 4 is 9.84 Å². The molecule has 0 N–H and O–H groups in total. The smallest absolute Gasteiger partial charge is 0.174 e. The molecule has 2 atom stereocenters. The van der Waals surface area contributed by atoms with Gasteiger partial charge in [-0.15, -0.1) is 0 Å². The number of hydrogen-bond donors (Lipinski definition) is 0. The highest BCUT2D eigenvalue weighted by atomic mass is 32.2. The van der Waals surface area contributed by atoms with Crippen LogP contribution in [-0.2, 0) is 19.3 Å². The second-order valence-corrected chi connectivity index (χ2v) is 5.60. The maximum Gasteiger partial charge on any atom is 0.174 e. The van der Waals surface area contributed by atoms with Crippen LogP contribution in [0.1, 0.15) is 12.8 Å². The molecule has 0 amide bonds. The van der Waals surface area contributed by atoms with E-state index in [2.05, 4.69) is 0 Å². The normalized spacial score (nSPS) is 35.1. The number of hydrogen-bond acceptors (Lipinski definition) is 4.